The molecule has 0 radical (unpaired) electrons. The number of nitrogens with zero attached hydrogens (tertiary/aromatic N) is 1. The second-order valence-corrected chi connectivity index (χ2v) is 6.55. The number of fused-ring (bicyclic) bond motifs is 1. The minimum absolute atomic E-state index is 0.275. The van der Waals surface area contributed by atoms with E-state index in [9.17, 15) is 14.3 Å². The number of benzene rings is 1. The van der Waals surface area contributed by atoms with E-state index in [0.29, 0.717) is 23.5 Å². The van der Waals surface area contributed by atoms with E-state index in [0.717, 1.165) is 30.5 Å². The SMILES string of the molecule is CCC1CCCN1Cc1c(C(=O)O)sc2cccc(F)c12. The van der Waals surface area contributed by atoms with Crippen LogP contribution in [0.1, 0.15) is 41.4 Å². The van der Waals surface area contributed by atoms with Crippen molar-refractivity contribution in [2.75, 3.05) is 6.54 Å². The number of aromatic carboxylic acids is 1. The van der Waals surface area contributed by atoms with Gasteiger partial charge in [-0.2, -0.15) is 0 Å². The number of halogens is 1. The maximum absolute atomic E-state index is 14.2. The average molecular weight is 307 g/mol. The molecule has 2 heterocycles. The fraction of sp³-hybridized carbons (Fsp3) is 0.438. The lowest BCUT2D eigenvalue weighted by Gasteiger charge is -2.23. The lowest BCUT2D eigenvalue weighted by atomic mass is 10.1. The fourth-order valence-electron chi connectivity index (χ4n) is 3.26. The first-order valence-electron chi connectivity index (χ1n) is 7.29. The maximum atomic E-state index is 14.2. The first-order chi connectivity index (χ1) is 10.1. The summed E-state index contributed by atoms with van der Waals surface area (Å²) < 4.78 is 14.9. The molecule has 1 aliphatic heterocycles. The largest absolute Gasteiger partial charge is 0.477 e. The average Bonchev–Trinajstić information content (AvgIpc) is 3.04. The lowest BCUT2D eigenvalue weighted by molar-refractivity contribution is 0.0700. The third-order valence-electron chi connectivity index (χ3n) is 4.29. The van der Waals surface area contributed by atoms with E-state index in [2.05, 4.69) is 11.8 Å². The van der Waals surface area contributed by atoms with Crippen molar-refractivity contribution in [3.05, 3.63) is 34.5 Å². The molecule has 0 saturated carbocycles. The standard InChI is InChI=1S/C16H18FNO2S/c1-2-10-5-4-8-18(10)9-11-14-12(17)6-3-7-13(14)21-15(11)16(19)20/h3,6-7,10H,2,4-5,8-9H2,1H3,(H,19,20). The van der Waals surface area contributed by atoms with Crippen molar-refractivity contribution in [1.29, 1.82) is 0 Å². The van der Waals surface area contributed by atoms with Gasteiger partial charge in [-0.15, -0.1) is 11.3 Å². The fourth-order valence-corrected chi connectivity index (χ4v) is 4.33. The molecule has 2 aromatic rings. The van der Waals surface area contributed by atoms with E-state index >= 15 is 0 Å². The summed E-state index contributed by atoms with van der Waals surface area (Å²) in [6.45, 7) is 3.64. The molecule has 1 atom stereocenters. The Morgan fingerprint density at radius 1 is 1.52 bits per heavy atom. The summed E-state index contributed by atoms with van der Waals surface area (Å²) in [4.78, 5) is 14.1. The molecule has 5 heteroatoms. The zero-order valence-corrected chi connectivity index (χ0v) is 12.8. The van der Waals surface area contributed by atoms with Crippen molar-refractivity contribution >= 4 is 27.4 Å². The van der Waals surface area contributed by atoms with Crippen molar-refractivity contribution in [2.45, 2.75) is 38.8 Å². The Bertz CT molecular complexity index is 682. The van der Waals surface area contributed by atoms with Gasteiger partial charge in [-0.25, -0.2) is 9.18 Å². The monoisotopic (exact) mass is 307 g/mol. The van der Waals surface area contributed by atoms with Gasteiger partial charge in [0.2, 0.25) is 0 Å². The summed E-state index contributed by atoms with van der Waals surface area (Å²) in [5, 5.41) is 9.91. The number of thiophene rings is 1. The predicted molar refractivity (Wildman–Crippen MR) is 82.5 cm³/mol. The Morgan fingerprint density at radius 3 is 3.05 bits per heavy atom. The van der Waals surface area contributed by atoms with Crippen molar-refractivity contribution < 1.29 is 14.3 Å². The van der Waals surface area contributed by atoms with Crippen LogP contribution in [0.25, 0.3) is 10.1 Å². The summed E-state index contributed by atoms with van der Waals surface area (Å²) in [7, 11) is 0. The van der Waals surface area contributed by atoms with Crippen LogP contribution in [0.5, 0.6) is 0 Å². The quantitative estimate of drug-likeness (QED) is 0.924. The van der Waals surface area contributed by atoms with Gasteiger partial charge in [-0.05, 0) is 37.9 Å². The highest BCUT2D eigenvalue weighted by Crippen LogP contribution is 2.35. The van der Waals surface area contributed by atoms with Gasteiger partial charge in [0, 0.05) is 28.2 Å². The van der Waals surface area contributed by atoms with Crippen LogP contribution in [0.2, 0.25) is 0 Å². The van der Waals surface area contributed by atoms with Gasteiger partial charge in [0.05, 0.1) is 0 Å². The lowest BCUT2D eigenvalue weighted by Crippen LogP contribution is -2.28. The van der Waals surface area contributed by atoms with E-state index in [4.69, 9.17) is 0 Å². The summed E-state index contributed by atoms with van der Waals surface area (Å²) in [5.74, 6) is -1.28. The van der Waals surface area contributed by atoms with Gasteiger partial charge < -0.3 is 5.11 Å². The first-order valence-corrected chi connectivity index (χ1v) is 8.10. The van der Waals surface area contributed by atoms with Crippen molar-refractivity contribution in [3.8, 4) is 0 Å². The van der Waals surface area contributed by atoms with Crippen LogP contribution in [0.3, 0.4) is 0 Å². The maximum Gasteiger partial charge on any atom is 0.346 e. The van der Waals surface area contributed by atoms with Crippen LogP contribution in [0.15, 0.2) is 18.2 Å². The molecule has 1 aromatic carbocycles. The topological polar surface area (TPSA) is 40.5 Å². The van der Waals surface area contributed by atoms with Crippen LogP contribution in [0, 0.1) is 5.82 Å². The van der Waals surface area contributed by atoms with E-state index in [1.54, 1.807) is 12.1 Å². The molecule has 21 heavy (non-hydrogen) atoms. The minimum atomic E-state index is -0.960. The smallest absolute Gasteiger partial charge is 0.346 e. The number of hydrogen-bond donors (Lipinski definition) is 1. The molecule has 1 aliphatic rings. The van der Waals surface area contributed by atoms with Gasteiger partial charge in [0.25, 0.3) is 0 Å². The third kappa shape index (κ3) is 2.56. The second kappa shape index (κ2) is 5.73. The molecule has 1 N–H and O–H groups in total. The van der Waals surface area contributed by atoms with E-state index in [-0.39, 0.29) is 10.7 Å². The summed E-state index contributed by atoms with van der Waals surface area (Å²) in [6.07, 6.45) is 3.32. The zero-order valence-electron chi connectivity index (χ0n) is 11.9. The number of carboxylic acids is 1. The molecule has 3 rings (SSSR count). The number of carboxylic acid groups (broad SMARTS) is 1. The number of hydrogen-bond acceptors (Lipinski definition) is 3. The first kappa shape index (κ1) is 14.5. The molecule has 1 aromatic heterocycles. The minimum Gasteiger partial charge on any atom is -0.477 e. The van der Waals surface area contributed by atoms with Crippen molar-refractivity contribution in [2.24, 2.45) is 0 Å². The molecular formula is C16H18FNO2S. The Morgan fingerprint density at radius 2 is 2.33 bits per heavy atom. The third-order valence-corrected chi connectivity index (χ3v) is 5.47. The molecule has 3 nitrogen and oxygen atoms in total. The van der Waals surface area contributed by atoms with Gasteiger partial charge in [0.15, 0.2) is 0 Å². The Hall–Kier alpha value is -1.46. The highest BCUT2D eigenvalue weighted by atomic mass is 32.1. The molecule has 1 unspecified atom stereocenters. The predicted octanol–water partition coefficient (Wildman–Crippen LogP) is 4.11. The summed E-state index contributed by atoms with van der Waals surface area (Å²) in [5.41, 5.74) is 0.640. The van der Waals surface area contributed by atoms with Crippen LogP contribution in [0.4, 0.5) is 4.39 Å². The zero-order chi connectivity index (χ0) is 15.0. The molecule has 0 bridgehead atoms. The summed E-state index contributed by atoms with van der Waals surface area (Å²) in [6, 6.07) is 5.31. The van der Waals surface area contributed by atoms with E-state index in [1.165, 1.54) is 17.4 Å². The summed E-state index contributed by atoms with van der Waals surface area (Å²) >= 11 is 1.17. The number of carbonyl (C=O) groups is 1. The second-order valence-electron chi connectivity index (χ2n) is 5.50. The van der Waals surface area contributed by atoms with Crippen LogP contribution in [-0.2, 0) is 6.54 Å². The Labute approximate surface area is 127 Å². The van der Waals surface area contributed by atoms with Crippen molar-refractivity contribution in [3.63, 3.8) is 0 Å². The van der Waals surface area contributed by atoms with Crippen LogP contribution in [-0.4, -0.2) is 28.6 Å². The van der Waals surface area contributed by atoms with Crippen LogP contribution < -0.4 is 0 Å². The van der Waals surface area contributed by atoms with Gasteiger partial charge in [-0.1, -0.05) is 13.0 Å². The molecule has 0 spiro atoms. The van der Waals surface area contributed by atoms with Gasteiger partial charge in [0.1, 0.15) is 10.7 Å². The molecule has 1 saturated heterocycles. The van der Waals surface area contributed by atoms with Crippen LogP contribution >= 0.6 is 11.3 Å². The van der Waals surface area contributed by atoms with E-state index < -0.39 is 5.97 Å². The highest BCUT2D eigenvalue weighted by molar-refractivity contribution is 7.21. The number of likely N-dealkylation sites (tertiary alicyclic amines) is 1. The Balaban J connectivity index is 2.07. The normalized spacial score (nSPS) is 19.4. The number of rotatable bonds is 4. The molecule has 1 fully saturated rings. The highest BCUT2D eigenvalue weighted by Gasteiger charge is 2.27. The van der Waals surface area contributed by atoms with E-state index in [1.807, 2.05) is 0 Å². The molecular weight excluding hydrogens is 289 g/mol. The molecule has 0 aliphatic carbocycles. The van der Waals surface area contributed by atoms with Gasteiger partial charge >= 0.3 is 5.97 Å². The Kier molecular flexibility index (Phi) is 3.95. The van der Waals surface area contributed by atoms with Crippen molar-refractivity contribution in [1.82, 2.24) is 4.90 Å². The molecule has 112 valence electrons. The molecule has 0 amide bonds. The van der Waals surface area contributed by atoms with Gasteiger partial charge in [-0.3, -0.25) is 4.90 Å².